The molecule has 1 aliphatic rings. The fourth-order valence-corrected chi connectivity index (χ4v) is 3.87. The largest absolute Gasteiger partial charge is 0.316 e. The van der Waals surface area contributed by atoms with Gasteiger partial charge in [-0.1, -0.05) is 41.0 Å². The Hall–Kier alpha value is 0.310. The Morgan fingerprint density at radius 3 is 2.29 bits per heavy atom. The van der Waals surface area contributed by atoms with Gasteiger partial charge < -0.3 is 5.32 Å². The third-order valence-electron chi connectivity index (χ3n) is 4.27. The van der Waals surface area contributed by atoms with Crippen molar-refractivity contribution in [2.45, 2.75) is 64.7 Å². The third-order valence-corrected chi connectivity index (χ3v) is 5.67. The zero-order chi connectivity index (χ0) is 13.1. The van der Waals surface area contributed by atoms with E-state index in [1.807, 2.05) is 0 Å². The number of rotatable bonds is 4. The third kappa shape index (κ3) is 5.21. The number of hydrogen-bond acceptors (Lipinski definition) is 2. The Morgan fingerprint density at radius 1 is 1.18 bits per heavy atom. The highest BCUT2D eigenvalue weighted by Gasteiger charge is 2.30. The predicted octanol–water partition coefficient (Wildman–Crippen LogP) is 4.18. The van der Waals surface area contributed by atoms with Gasteiger partial charge >= 0.3 is 0 Å². The van der Waals surface area contributed by atoms with Crippen molar-refractivity contribution < 1.29 is 0 Å². The van der Waals surface area contributed by atoms with Crippen LogP contribution in [-0.2, 0) is 0 Å². The quantitative estimate of drug-likeness (QED) is 0.811. The molecule has 0 aliphatic heterocycles. The lowest BCUT2D eigenvalue weighted by Gasteiger charge is -2.37. The lowest BCUT2D eigenvalue weighted by molar-refractivity contribution is 0.181. The molecule has 1 nitrogen and oxygen atoms in total. The minimum absolute atomic E-state index is 0.392. The minimum Gasteiger partial charge on any atom is -0.316 e. The summed E-state index contributed by atoms with van der Waals surface area (Å²) >= 11 is 2.10. The van der Waals surface area contributed by atoms with E-state index in [-0.39, 0.29) is 0 Å². The SMILES string of the molecule is CNC(CSC(C)(C)C)C1CCC(C)C(C)C1. The van der Waals surface area contributed by atoms with Crippen molar-refractivity contribution in [2.75, 3.05) is 12.8 Å². The molecule has 102 valence electrons. The molecule has 2 heteroatoms. The molecule has 1 rings (SSSR count). The molecule has 0 aromatic carbocycles. The highest BCUT2D eigenvalue weighted by Crippen LogP contribution is 2.36. The van der Waals surface area contributed by atoms with Crippen LogP contribution in [0.3, 0.4) is 0 Å². The summed E-state index contributed by atoms with van der Waals surface area (Å²) in [5.41, 5.74) is 0. The van der Waals surface area contributed by atoms with Crippen molar-refractivity contribution in [3.63, 3.8) is 0 Å². The van der Waals surface area contributed by atoms with Gasteiger partial charge in [-0.15, -0.1) is 0 Å². The van der Waals surface area contributed by atoms with Crippen LogP contribution < -0.4 is 5.32 Å². The normalized spacial score (nSPS) is 32.5. The van der Waals surface area contributed by atoms with E-state index < -0.39 is 0 Å². The molecule has 17 heavy (non-hydrogen) atoms. The molecule has 0 amide bonds. The Kier molecular flexibility index (Phi) is 5.85. The molecule has 0 aromatic heterocycles. The first-order valence-electron chi connectivity index (χ1n) is 7.14. The van der Waals surface area contributed by atoms with E-state index in [4.69, 9.17) is 0 Å². The van der Waals surface area contributed by atoms with E-state index in [0.29, 0.717) is 10.8 Å². The molecule has 1 aliphatic carbocycles. The second-order valence-electron chi connectivity index (χ2n) is 6.85. The second kappa shape index (κ2) is 6.47. The minimum atomic E-state index is 0.392. The molecule has 0 radical (unpaired) electrons. The van der Waals surface area contributed by atoms with Crippen LogP contribution in [-0.4, -0.2) is 23.6 Å². The molecular formula is C15H31NS. The average molecular weight is 257 g/mol. The standard InChI is InChI=1S/C15H31NS/c1-11-7-8-13(9-12(11)2)14(16-6)10-17-15(3,4)5/h11-14,16H,7-10H2,1-6H3. The van der Waals surface area contributed by atoms with Gasteiger partial charge in [0.2, 0.25) is 0 Å². The van der Waals surface area contributed by atoms with Crippen LogP contribution in [0.25, 0.3) is 0 Å². The van der Waals surface area contributed by atoms with E-state index in [1.165, 1.54) is 25.0 Å². The van der Waals surface area contributed by atoms with Crippen molar-refractivity contribution in [1.29, 1.82) is 0 Å². The Balaban J connectivity index is 2.45. The van der Waals surface area contributed by atoms with E-state index in [1.54, 1.807) is 0 Å². The average Bonchev–Trinajstić information content (AvgIpc) is 2.22. The first-order chi connectivity index (χ1) is 7.83. The van der Waals surface area contributed by atoms with Gasteiger partial charge in [-0.2, -0.15) is 11.8 Å². The van der Waals surface area contributed by atoms with Crippen LogP contribution in [0.5, 0.6) is 0 Å². The van der Waals surface area contributed by atoms with Crippen molar-refractivity contribution in [3.05, 3.63) is 0 Å². The molecule has 0 bridgehead atoms. The summed E-state index contributed by atoms with van der Waals surface area (Å²) in [6, 6.07) is 0.703. The predicted molar refractivity (Wildman–Crippen MR) is 80.7 cm³/mol. The van der Waals surface area contributed by atoms with Crippen LogP contribution in [0.4, 0.5) is 0 Å². The van der Waals surface area contributed by atoms with E-state index in [9.17, 15) is 0 Å². The summed E-state index contributed by atoms with van der Waals surface area (Å²) in [4.78, 5) is 0. The highest BCUT2D eigenvalue weighted by molar-refractivity contribution is 8.00. The monoisotopic (exact) mass is 257 g/mol. The van der Waals surface area contributed by atoms with Crippen molar-refractivity contribution in [3.8, 4) is 0 Å². The van der Waals surface area contributed by atoms with Gasteiger partial charge in [0.05, 0.1) is 0 Å². The van der Waals surface area contributed by atoms with E-state index >= 15 is 0 Å². The van der Waals surface area contributed by atoms with Crippen LogP contribution in [0, 0.1) is 17.8 Å². The van der Waals surface area contributed by atoms with Gasteiger partial charge in [0.1, 0.15) is 0 Å². The summed E-state index contributed by atoms with van der Waals surface area (Å²) in [6.45, 7) is 11.8. The fourth-order valence-electron chi connectivity index (χ4n) is 2.75. The maximum Gasteiger partial charge on any atom is 0.0183 e. The number of thioether (sulfide) groups is 1. The lowest BCUT2D eigenvalue weighted by atomic mass is 9.73. The molecule has 1 fully saturated rings. The fraction of sp³-hybridized carbons (Fsp3) is 1.00. The molecule has 0 aromatic rings. The zero-order valence-corrected chi connectivity index (χ0v) is 13.4. The summed E-state index contributed by atoms with van der Waals surface area (Å²) in [5, 5.41) is 3.56. The van der Waals surface area contributed by atoms with Gasteiger partial charge in [-0.05, 0) is 37.6 Å². The zero-order valence-electron chi connectivity index (χ0n) is 12.5. The van der Waals surface area contributed by atoms with Crippen LogP contribution in [0.2, 0.25) is 0 Å². The van der Waals surface area contributed by atoms with Crippen molar-refractivity contribution in [1.82, 2.24) is 5.32 Å². The van der Waals surface area contributed by atoms with E-state index in [2.05, 4.69) is 58.7 Å². The van der Waals surface area contributed by atoms with Gasteiger partial charge in [0.15, 0.2) is 0 Å². The molecule has 4 atom stereocenters. The lowest BCUT2D eigenvalue weighted by Crippen LogP contribution is -2.40. The molecule has 1 N–H and O–H groups in total. The van der Waals surface area contributed by atoms with Gasteiger partial charge in [-0.25, -0.2) is 0 Å². The highest BCUT2D eigenvalue weighted by atomic mass is 32.2. The first kappa shape index (κ1) is 15.4. The maximum absolute atomic E-state index is 3.56. The molecule has 1 saturated carbocycles. The number of nitrogens with one attached hydrogen (secondary N) is 1. The van der Waals surface area contributed by atoms with Gasteiger partial charge in [0.25, 0.3) is 0 Å². The van der Waals surface area contributed by atoms with Crippen molar-refractivity contribution in [2.24, 2.45) is 17.8 Å². The molecule has 0 heterocycles. The van der Waals surface area contributed by atoms with Gasteiger partial charge in [-0.3, -0.25) is 0 Å². The topological polar surface area (TPSA) is 12.0 Å². The number of hydrogen-bond donors (Lipinski definition) is 1. The Labute approximate surface area is 113 Å². The summed E-state index contributed by atoms with van der Waals surface area (Å²) in [5.74, 6) is 3.98. The second-order valence-corrected chi connectivity index (χ2v) is 8.69. The van der Waals surface area contributed by atoms with Crippen LogP contribution in [0.1, 0.15) is 53.9 Å². The Bertz CT molecular complexity index is 221. The van der Waals surface area contributed by atoms with E-state index in [0.717, 1.165) is 17.8 Å². The first-order valence-corrected chi connectivity index (χ1v) is 8.13. The maximum atomic E-state index is 3.56. The Morgan fingerprint density at radius 2 is 1.82 bits per heavy atom. The molecule has 0 spiro atoms. The summed E-state index contributed by atoms with van der Waals surface area (Å²) < 4.78 is 0.392. The summed E-state index contributed by atoms with van der Waals surface area (Å²) in [7, 11) is 2.14. The molecule has 4 unspecified atom stereocenters. The van der Waals surface area contributed by atoms with Crippen LogP contribution >= 0.6 is 11.8 Å². The van der Waals surface area contributed by atoms with Crippen LogP contribution in [0.15, 0.2) is 0 Å². The van der Waals surface area contributed by atoms with Crippen molar-refractivity contribution >= 4 is 11.8 Å². The summed E-state index contributed by atoms with van der Waals surface area (Å²) in [6.07, 6.45) is 4.25. The molecular weight excluding hydrogens is 226 g/mol. The van der Waals surface area contributed by atoms with Gasteiger partial charge in [0, 0.05) is 16.5 Å². The smallest absolute Gasteiger partial charge is 0.0183 e. The molecule has 0 saturated heterocycles.